The first-order valence-electron chi connectivity index (χ1n) is 2.51. The van der Waals surface area contributed by atoms with Gasteiger partial charge in [-0.1, -0.05) is 0 Å². The molecule has 0 unspecified atom stereocenters. The molecule has 10 heavy (non-hydrogen) atoms. The van der Waals surface area contributed by atoms with Crippen molar-refractivity contribution in [2.75, 3.05) is 0 Å². The van der Waals surface area contributed by atoms with Crippen LogP contribution in [-0.4, -0.2) is 12.1 Å². The second kappa shape index (κ2) is 2.64. The number of halogens is 5. The quantitative estimate of drug-likeness (QED) is 0.431. The van der Waals surface area contributed by atoms with Gasteiger partial charge in [-0.25, -0.2) is 8.78 Å². The molecule has 0 rings (SSSR count). The number of alkyl halides is 5. The van der Waals surface area contributed by atoms with Crippen molar-refractivity contribution in [1.82, 2.24) is 0 Å². The molecule has 0 aliphatic carbocycles. The predicted molar refractivity (Wildman–Crippen MR) is 25.6 cm³/mol. The van der Waals surface area contributed by atoms with E-state index in [-0.39, 0.29) is 0 Å². The van der Waals surface area contributed by atoms with Crippen LogP contribution in [0.5, 0.6) is 0 Å². The summed E-state index contributed by atoms with van der Waals surface area (Å²) in [5, 5.41) is 0. The van der Waals surface area contributed by atoms with Crippen LogP contribution in [0.1, 0.15) is 12.8 Å². The van der Waals surface area contributed by atoms with Crippen LogP contribution in [0.2, 0.25) is 0 Å². The highest BCUT2D eigenvalue weighted by atomic mass is 19.4. The minimum atomic E-state index is -4.80. The molecule has 5 heteroatoms. The van der Waals surface area contributed by atoms with Crippen LogP contribution in [0.4, 0.5) is 22.0 Å². The lowest BCUT2D eigenvalue weighted by Crippen LogP contribution is -2.24. The molecule has 0 aromatic carbocycles. The van der Waals surface area contributed by atoms with Gasteiger partial charge in [0.25, 0.3) is 5.92 Å². The molecule has 0 saturated carbocycles. The number of rotatable bonds is 2. The van der Waals surface area contributed by atoms with Gasteiger partial charge in [0, 0.05) is 0 Å². The third kappa shape index (κ3) is 4.40. The third-order valence-corrected chi connectivity index (χ3v) is 0.825. The maximum absolute atomic E-state index is 11.9. The molecule has 0 amide bonds. The van der Waals surface area contributed by atoms with Gasteiger partial charge in [0.05, 0.1) is 6.92 Å². The molecule has 0 bridgehead atoms. The van der Waals surface area contributed by atoms with Gasteiger partial charge in [0.2, 0.25) is 0 Å². The van der Waals surface area contributed by atoms with E-state index in [9.17, 15) is 22.0 Å². The van der Waals surface area contributed by atoms with E-state index in [1.54, 1.807) is 0 Å². The van der Waals surface area contributed by atoms with Crippen LogP contribution in [0.3, 0.4) is 0 Å². The fraction of sp³-hybridized carbons (Fsp3) is 0.800. The van der Waals surface area contributed by atoms with E-state index in [0.717, 1.165) is 0 Å². The van der Waals surface area contributed by atoms with E-state index in [4.69, 9.17) is 0 Å². The highest BCUT2D eigenvalue weighted by Gasteiger charge is 2.44. The molecule has 0 aromatic rings. The molecule has 0 radical (unpaired) electrons. The summed E-state index contributed by atoms with van der Waals surface area (Å²) in [5.74, 6) is -3.71. The zero-order chi connectivity index (χ0) is 8.41. The van der Waals surface area contributed by atoms with Crippen LogP contribution in [0.25, 0.3) is 0 Å². The summed E-state index contributed by atoms with van der Waals surface area (Å²) in [7, 11) is 0. The van der Waals surface area contributed by atoms with Crippen molar-refractivity contribution in [3.05, 3.63) is 6.92 Å². The van der Waals surface area contributed by atoms with Crippen molar-refractivity contribution < 1.29 is 22.0 Å². The Bertz CT molecular complexity index is 103. The number of hydrogen-bond acceptors (Lipinski definition) is 0. The van der Waals surface area contributed by atoms with E-state index in [1.165, 1.54) is 0 Å². The van der Waals surface area contributed by atoms with E-state index in [2.05, 4.69) is 6.92 Å². The lowest BCUT2D eigenvalue weighted by atomic mass is 10.2. The maximum atomic E-state index is 11.9. The molecule has 0 aliphatic rings. The Morgan fingerprint density at radius 3 is 1.50 bits per heavy atom. The minimum absolute atomic E-state index is 1.02. The Labute approximate surface area is 55.0 Å². The van der Waals surface area contributed by atoms with E-state index in [1.807, 2.05) is 0 Å². The van der Waals surface area contributed by atoms with Gasteiger partial charge < -0.3 is 0 Å². The highest BCUT2D eigenvalue weighted by Crippen LogP contribution is 2.33. The van der Waals surface area contributed by atoms with Crippen molar-refractivity contribution in [3.63, 3.8) is 0 Å². The first kappa shape index (κ1) is 9.52. The van der Waals surface area contributed by atoms with Crippen molar-refractivity contribution in [2.45, 2.75) is 24.9 Å². The average Bonchev–Trinajstić information content (AvgIpc) is 1.60. The van der Waals surface area contributed by atoms with Gasteiger partial charge in [-0.15, -0.1) is 0 Å². The number of hydrogen-bond donors (Lipinski definition) is 0. The summed E-state index contributed by atoms with van der Waals surface area (Å²) in [6.07, 6.45) is -7.91. The third-order valence-electron chi connectivity index (χ3n) is 0.825. The lowest BCUT2D eigenvalue weighted by Gasteiger charge is -2.12. The van der Waals surface area contributed by atoms with Gasteiger partial charge >= 0.3 is 6.18 Å². The summed E-state index contributed by atoms with van der Waals surface area (Å²) >= 11 is 0. The summed E-state index contributed by atoms with van der Waals surface area (Å²) in [6.45, 7) is 2.69. The first-order valence-corrected chi connectivity index (χ1v) is 2.51. The molecule has 0 fully saturated rings. The predicted octanol–water partition coefficient (Wildman–Crippen LogP) is 2.80. The molecule has 0 saturated heterocycles. The summed E-state index contributed by atoms with van der Waals surface area (Å²) in [5.41, 5.74) is 0. The van der Waals surface area contributed by atoms with Crippen LogP contribution in [-0.2, 0) is 0 Å². The van der Waals surface area contributed by atoms with Gasteiger partial charge in [0.1, 0.15) is 12.8 Å². The van der Waals surface area contributed by atoms with Crippen molar-refractivity contribution in [1.29, 1.82) is 0 Å². The van der Waals surface area contributed by atoms with Crippen LogP contribution < -0.4 is 0 Å². The Balaban J connectivity index is 3.89. The van der Waals surface area contributed by atoms with E-state index in [0.29, 0.717) is 0 Å². The van der Waals surface area contributed by atoms with Gasteiger partial charge in [0.15, 0.2) is 0 Å². The standard InChI is InChI=1S/C5H6F5/c1-2-4(6,7)3-5(8,9)10/h1-3H2/q+1. The average molecular weight is 161 g/mol. The normalized spacial score (nSPS) is 13.7. The van der Waals surface area contributed by atoms with Crippen LogP contribution >= 0.6 is 0 Å². The summed E-state index contributed by atoms with van der Waals surface area (Å²) < 4.78 is 57.4. The summed E-state index contributed by atoms with van der Waals surface area (Å²) in [6, 6.07) is 0. The Morgan fingerprint density at radius 2 is 1.40 bits per heavy atom. The van der Waals surface area contributed by atoms with Gasteiger partial charge in [-0.3, -0.25) is 0 Å². The second-order valence-electron chi connectivity index (χ2n) is 1.90. The SMILES string of the molecule is [CH2+]CC(F)(F)CC(F)(F)F. The molecule has 60 valence electrons. The summed E-state index contributed by atoms with van der Waals surface area (Å²) in [4.78, 5) is 0. The molecular weight excluding hydrogens is 155 g/mol. The van der Waals surface area contributed by atoms with Gasteiger partial charge in [-0.05, 0) is 0 Å². The Kier molecular flexibility index (Phi) is 2.51. The zero-order valence-electron chi connectivity index (χ0n) is 5.01. The maximum Gasteiger partial charge on any atom is 0.395 e. The smallest absolute Gasteiger partial charge is 0.202 e. The van der Waals surface area contributed by atoms with E-state index >= 15 is 0 Å². The fourth-order valence-corrected chi connectivity index (χ4v) is 0.382. The molecule has 0 N–H and O–H groups in total. The molecule has 0 nitrogen and oxygen atoms in total. The highest BCUT2D eigenvalue weighted by molar-refractivity contribution is 4.71. The lowest BCUT2D eigenvalue weighted by molar-refractivity contribution is -0.186. The minimum Gasteiger partial charge on any atom is -0.202 e. The Hall–Kier alpha value is -0.480. The van der Waals surface area contributed by atoms with Crippen LogP contribution in [0.15, 0.2) is 0 Å². The monoisotopic (exact) mass is 161 g/mol. The molecule has 0 aromatic heterocycles. The zero-order valence-corrected chi connectivity index (χ0v) is 5.01. The largest absolute Gasteiger partial charge is 0.395 e. The second-order valence-corrected chi connectivity index (χ2v) is 1.90. The van der Waals surface area contributed by atoms with Crippen molar-refractivity contribution in [2.24, 2.45) is 0 Å². The Morgan fingerprint density at radius 1 is 1.00 bits per heavy atom. The van der Waals surface area contributed by atoms with Crippen molar-refractivity contribution in [3.8, 4) is 0 Å². The molecular formula is C5H6F5+. The van der Waals surface area contributed by atoms with Crippen LogP contribution in [0, 0.1) is 6.92 Å². The molecule has 0 atom stereocenters. The van der Waals surface area contributed by atoms with Gasteiger partial charge in [-0.2, -0.15) is 13.2 Å². The molecule has 0 heterocycles. The van der Waals surface area contributed by atoms with E-state index < -0.39 is 24.9 Å². The van der Waals surface area contributed by atoms with Crippen molar-refractivity contribution >= 4 is 0 Å². The molecule has 0 spiro atoms. The molecule has 0 aliphatic heterocycles. The topological polar surface area (TPSA) is 0 Å². The first-order chi connectivity index (χ1) is 4.27. The fourth-order valence-electron chi connectivity index (χ4n) is 0.382.